The van der Waals surface area contributed by atoms with Crippen LogP contribution in [0.25, 0.3) is 0 Å². The van der Waals surface area contributed by atoms with Crippen LogP contribution in [-0.4, -0.2) is 35.0 Å². The summed E-state index contributed by atoms with van der Waals surface area (Å²) >= 11 is 0. The lowest BCUT2D eigenvalue weighted by molar-refractivity contribution is 0.221. The summed E-state index contributed by atoms with van der Waals surface area (Å²) in [6, 6.07) is 2.78. The van der Waals surface area contributed by atoms with Gasteiger partial charge in [0.1, 0.15) is 0 Å². The molecule has 2 atom stereocenters. The molecule has 3 heterocycles. The molecule has 2 unspecified atom stereocenters. The number of nitrogens with one attached hydrogen (secondary N) is 2. The van der Waals surface area contributed by atoms with Crippen molar-refractivity contribution in [3.63, 3.8) is 0 Å². The molecule has 1 aromatic heterocycles. The third-order valence-electron chi connectivity index (χ3n) is 5.00. The zero-order valence-electron chi connectivity index (χ0n) is 12.7. The van der Waals surface area contributed by atoms with Crippen molar-refractivity contribution >= 4 is 5.96 Å². The number of likely N-dealkylation sites (tertiary alicyclic amines) is 1. The first kappa shape index (κ1) is 13.9. The van der Waals surface area contributed by atoms with E-state index < -0.39 is 5.79 Å². The van der Waals surface area contributed by atoms with E-state index in [9.17, 15) is 0 Å². The molecular formula is C15H23N7. The van der Waals surface area contributed by atoms with Gasteiger partial charge in [-0.1, -0.05) is 0 Å². The number of hydrogen-bond acceptors (Lipinski definition) is 7. The highest BCUT2D eigenvalue weighted by molar-refractivity contribution is 5.79. The van der Waals surface area contributed by atoms with Crippen molar-refractivity contribution in [1.82, 2.24) is 20.7 Å². The van der Waals surface area contributed by atoms with Crippen LogP contribution in [0.5, 0.6) is 0 Å². The molecule has 7 nitrogen and oxygen atoms in total. The third kappa shape index (κ3) is 2.35. The molecule has 118 valence electrons. The first-order valence-electron chi connectivity index (χ1n) is 8.04. The van der Waals surface area contributed by atoms with Crippen molar-refractivity contribution in [1.29, 1.82) is 0 Å². The fraction of sp³-hybridized carbons (Fsp3) is 0.600. The van der Waals surface area contributed by atoms with Gasteiger partial charge >= 0.3 is 0 Å². The fourth-order valence-electron chi connectivity index (χ4n) is 3.77. The predicted molar refractivity (Wildman–Crippen MR) is 84.6 cm³/mol. The lowest BCUT2D eigenvalue weighted by Gasteiger charge is -2.32. The van der Waals surface area contributed by atoms with Crippen LogP contribution < -0.4 is 22.3 Å². The summed E-state index contributed by atoms with van der Waals surface area (Å²) in [6.45, 7) is 2.47. The maximum Gasteiger partial charge on any atom is 0.210 e. The second-order valence-corrected chi connectivity index (χ2v) is 6.48. The molecule has 0 aromatic carbocycles. The van der Waals surface area contributed by atoms with Crippen LogP contribution in [0, 0.1) is 0 Å². The van der Waals surface area contributed by atoms with Gasteiger partial charge in [0.25, 0.3) is 0 Å². The number of aryl methyl sites for hydroxylation is 1. The number of aromatic nitrogens is 1. The minimum absolute atomic E-state index is 0.301. The van der Waals surface area contributed by atoms with Gasteiger partial charge in [-0.05, 0) is 56.8 Å². The highest BCUT2D eigenvalue weighted by atomic mass is 15.6. The van der Waals surface area contributed by atoms with Crippen LogP contribution in [0.3, 0.4) is 0 Å². The Labute approximate surface area is 130 Å². The highest BCUT2D eigenvalue weighted by Crippen LogP contribution is 2.28. The number of guanidine groups is 1. The van der Waals surface area contributed by atoms with Crippen LogP contribution in [0.1, 0.15) is 36.1 Å². The van der Waals surface area contributed by atoms with E-state index >= 15 is 0 Å². The topological polar surface area (TPSA) is 105 Å². The second-order valence-electron chi connectivity index (χ2n) is 6.48. The number of fused-ring (bicyclic) bond motifs is 1. The van der Waals surface area contributed by atoms with E-state index in [2.05, 4.69) is 31.8 Å². The van der Waals surface area contributed by atoms with Crippen molar-refractivity contribution < 1.29 is 0 Å². The summed E-state index contributed by atoms with van der Waals surface area (Å²) in [7, 11) is 0. The van der Waals surface area contributed by atoms with E-state index in [4.69, 9.17) is 11.5 Å². The van der Waals surface area contributed by atoms with E-state index in [-0.39, 0.29) is 0 Å². The molecule has 0 radical (unpaired) electrons. The average Bonchev–Trinajstić information content (AvgIpc) is 3.17. The Morgan fingerprint density at radius 1 is 1.32 bits per heavy atom. The first-order chi connectivity index (χ1) is 10.6. The molecule has 1 aromatic rings. The SMILES string of the molecule is NC1=NC(N)(c2cnc3c(c2)CC(N2CCCC2)CC3)NN1. The minimum atomic E-state index is -1.02. The maximum absolute atomic E-state index is 6.27. The molecule has 0 saturated carbocycles. The monoisotopic (exact) mass is 301 g/mol. The van der Waals surface area contributed by atoms with E-state index in [0.29, 0.717) is 12.0 Å². The average molecular weight is 301 g/mol. The van der Waals surface area contributed by atoms with Crippen molar-refractivity contribution in [2.24, 2.45) is 16.5 Å². The molecule has 2 aliphatic heterocycles. The van der Waals surface area contributed by atoms with Crippen molar-refractivity contribution in [3.05, 3.63) is 29.1 Å². The Bertz CT molecular complexity index is 608. The Morgan fingerprint density at radius 2 is 2.14 bits per heavy atom. The summed E-state index contributed by atoms with van der Waals surface area (Å²) in [6.07, 6.45) is 7.78. The van der Waals surface area contributed by atoms with Crippen LogP contribution in [-0.2, 0) is 18.6 Å². The van der Waals surface area contributed by atoms with Gasteiger partial charge < -0.3 is 10.6 Å². The molecule has 7 heteroatoms. The standard InChI is InChI=1S/C15H23N7/c16-14-19-15(17,21-20-14)11-7-10-8-12(22-5-1-2-6-22)3-4-13(10)18-9-11/h7,9,12,21H,1-6,8,17H2,(H3,16,19,20). The Balaban J connectivity index is 1.60. The van der Waals surface area contributed by atoms with Gasteiger partial charge in [-0.15, -0.1) is 0 Å². The van der Waals surface area contributed by atoms with Gasteiger partial charge in [0.05, 0.1) is 0 Å². The van der Waals surface area contributed by atoms with E-state index in [1.165, 1.54) is 43.6 Å². The highest BCUT2D eigenvalue weighted by Gasteiger charge is 2.34. The molecule has 1 saturated heterocycles. The molecular weight excluding hydrogens is 278 g/mol. The number of pyridine rings is 1. The van der Waals surface area contributed by atoms with Gasteiger partial charge in [0, 0.05) is 23.5 Å². The Hall–Kier alpha value is -1.70. The third-order valence-corrected chi connectivity index (χ3v) is 5.00. The molecule has 22 heavy (non-hydrogen) atoms. The molecule has 0 bridgehead atoms. The van der Waals surface area contributed by atoms with Gasteiger partial charge in [-0.25, -0.2) is 4.99 Å². The fourth-order valence-corrected chi connectivity index (χ4v) is 3.77. The lowest BCUT2D eigenvalue weighted by atomic mass is 9.89. The van der Waals surface area contributed by atoms with Crippen LogP contribution >= 0.6 is 0 Å². The number of aliphatic imine (C=N–C) groups is 1. The van der Waals surface area contributed by atoms with Crippen LogP contribution in [0.15, 0.2) is 17.3 Å². The molecule has 4 rings (SSSR count). The zero-order valence-corrected chi connectivity index (χ0v) is 12.7. The normalized spacial score (nSPS) is 31.7. The van der Waals surface area contributed by atoms with Gasteiger partial charge in [0.15, 0.2) is 0 Å². The smallest absolute Gasteiger partial charge is 0.210 e. The van der Waals surface area contributed by atoms with Crippen molar-refractivity contribution in [2.45, 2.75) is 43.9 Å². The first-order valence-corrected chi connectivity index (χ1v) is 8.04. The Morgan fingerprint density at radius 3 is 2.86 bits per heavy atom. The van der Waals surface area contributed by atoms with Crippen molar-refractivity contribution in [2.75, 3.05) is 13.1 Å². The minimum Gasteiger partial charge on any atom is -0.369 e. The Kier molecular flexibility index (Phi) is 3.28. The predicted octanol–water partition coefficient (Wildman–Crippen LogP) is -0.474. The van der Waals surface area contributed by atoms with Crippen molar-refractivity contribution in [3.8, 4) is 0 Å². The quantitative estimate of drug-likeness (QED) is 0.588. The molecule has 6 N–H and O–H groups in total. The largest absolute Gasteiger partial charge is 0.369 e. The summed E-state index contributed by atoms with van der Waals surface area (Å²) in [5, 5.41) is 0. The molecule has 1 aliphatic carbocycles. The second kappa shape index (κ2) is 5.19. The summed E-state index contributed by atoms with van der Waals surface area (Å²) < 4.78 is 0. The lowest BCUT2D eigenvalue weighted by Crippen LogP contribution is -2.50. The number of nitrogens with two attached hydrogens (primary N) is 2. The molecule has 3 aliphatic rings. The number of rotatable bonds is 2. The van der Waals surface area contributed by atoms with E-state index in [1.54, 1.807) is 0 Å². The molecule has 1 fully saturated rings. The number of hydrogen-bond donors (Lipinski definition) is 4. The van der Waals surface area contributed by atoms with Gasteiger partial charge in [-0.3, -0.25) is 16.1 Å². The molecule has 0 amide bonds. The van der Waals surface area contributed by atoms with Gasteiger partial charge in [0.2, 0.25) is 11.7 Å². The number of hydrazine groups is 1. The van der Waals surface area contributed by atoms with E-state index in [0.717, 1.165) is 18.4 Å². The van der Waals surface area contributed by atoms with Crippen LogP contribution in [0.4, 0.5) is 0 Å². The number of nitrogens with zero attached hydrogens (tertiary/aromatic N) is 3. The van der Waals surface area contributed by atoms with Crippen LogP contribution in [0.2, 0.25) is 0 Å². The maximum atomic E-state index is 6.27. The zero-order chi connectivity index (χ0) is 15.2. The molecule has 0 spiro atoms. The van der Waals surface area contributed by atoms with E-state index in [1.807, 2.05) is 6.20 Å². The summed E-state index contributed by atoms with van der Waals surface area (Å²) in [5.74, 6) is -0.720. The summed E-state index contributed by atoms with van der Waals surface area (Å²) in [5.41, 5.74) is 21.0. The van der Waals surface area contributed by atoms with Gasteiger partial charge in [-0.2, -0.15) is 5.43 Å². The summed E-state index contributed by atoms with van der Waals surface area (Å²) in [4.78, 5) is 11.5.